The molecule has 0 heterocycles. The Labute approximate surface area is 84.3 Å². The normalized spacial score (nSPS) is 54.6. The van der Waals surface area contributed by atoms with E-state index in [0.29, 0.717) is 11.8 Å². The Kier molecular flexibility index (Phi) is 1.77. The monoisotopic (exact) mass is 197 g/mol. The maximum absolute atomic E-state index is 9.66. The van der Waals surface area contributed by atoms with E-state index < -0.39 is 12.2 Å². The molecule has 0 aromatic rings. The quantitative estimate of drug-likeness (QED) is 0.521. The molecule has 1 spiro atoms. The van der Waals surface area contributed by atoms with Crippen molar-refractivity contribution in [1.29, 1.82) is 0 Å². The van der Waals surface area contributed by atoms with Gasteiger partial charge in [-0.3, -0.25) is 0 Å². The summed E-state index contributed by atoms with van der Waals surface area (Å²) in [6.45, 7) is 0. The fourth-order valence-corrected chi connectivity index (χ4v) is 4.35. The number of aliphatic hydroxyl groups excluding tert-OH is 2. The predicted molar refractivity (Wildman–Crippen MR) is 52.5 cm³/mol. The smallest absolute Gasteiger partial charge is 0.0805 e. The molecule has 3 aliphatic carbocycles. The highest BCUT2D eigenvalue weighted by Crippen LogP contribution is 2.61. The van der Waals surface area contributed by atoms with Crippen LogP contribution in [0.15, 0.2) is 0 Å². The first kappa shape index (κ1) is 9.13. The van der Waals surface area contributed by atoms with Crippen molar-refractivity contribution >= 4 is 0 Å². The number of aliphatic hydroxyl groups is 2. The molecule has 0 unspecified atom stereocenters. The average molecular weight is 197 g/mol. The summed E-state index contributed by atoms with van der Waals surface area (Å²) in [4.78, 5) is 0. The molecule has 3 heteroatoms. The third-order valence-corrected chi connectivity index (χ3v) is 5.08. The summed E-state index contributed by atoms with van der Waals surface area (Å²) in [6, 6.07) is 0.230. The van der Waals surface area contributed by atoms with Crippen LogP contribution in [0.4, 0.5) is 0 Å². The van der Waals surface area contributed by atoms with Crippen LogP contribution in [0.1, 0.15) is 32.1 Å². The van der Waals surface area contributed by atoms with Gasteiger partial charge in [-0.1, -0.05) is 0 Å². The lowest BCUT2D eigenvalue weighted by atomic mass is 9.69. The van der Waals surface area contributed by atoms with Gasteiger partial charge in [0, 0.05) is 6.04 Å². The standard InChI is InChI=1S/C11H19NO2/c12-10-6-1-2-7(3-6)11(10)4-8(13)9(14)5-11/h6-10,13-14H,1-5,12H2/t6-,7+,8+,9+,10+/m0/s1. The zero-order chi connectivity index (χ0) is 9.92. The Morgan fingerprint density at radius 2 is 1.71 bits per heavy atom. The van der Waals surface area contributed by atoms with E-state index in [1.807, 2.05) is 0 Å². The van der Waals surface area contributed by atoms with E-state index in [0.717, 1.165) is 12.8 Å². The van der Waals surface area contributed by atoms with Gasteiger partial charge in [0.15, 0.2) is 0 Å². The van der Waals surface area contributed by atoms with Gasteiger partial charge in [-0.2, -0.15) is 0 Å². The molecule has 0 radical (unpaired) electrons. The van der Waals surface area contributed by atoms with Crippen LogP contribution < -0.4 is 5.73 Å². The molecule has 3 rings (SSSR count). The van der Waals surface area contributed by atoms with Crippen molar-refractivity contribution in [3.8, 4) is 0 Å². The van der Waals surface area contributed by atoms with Gasteiger partial charge in [-0.15, -0.1) is 0 Å². The summed E-state index contributed by atoms with van der Waals surface area (Å²) in [5.41, 5.74) is 6.35. The van der Waals surface area contributed by atoms with E-state index in [2.05, 4.69) is 0 Å². The van der Waals surface area contributed by atoms with Gasteiger partial charge in [0.2, 0.25) is 0 Å². The topological polar surface area (TPSA) is 66.5 Å². The van der Waals surface area contributed by atoms with E-state index in [1.165, 1.54) is 19.3 Å². The van der Waals surface area contributed by atoms with Crippen LogP contribution in [0.3, 0.4) is 0 Å². The van der Waals surface area contributed by atoms with Crippen molar-refractivity contribution in [2.75, 3.05) is 0 Å². The fourth-order valence-electron chi connectivity index (χ4n) is 4.35. The molecule has 3 aliphatic rings. The second-order valence-electron chi connectivity index (χ2n) is 5.57. The summed E-state index contributed by atoms with van der Waals surface area (Å²) in [7, 11) is 0. The van der Waals surface area contributed by atoms with Gasteiger partial charge >= 0.3 is 0 Å². The zero-order valence-electron chi connectivity index (χ0n) is 8.39. The first-order valence-corrected chi connectivity index (χ1v) is 5.75. The fraction of sp³-hybridized carbons (Fsp3) is 1.00. The van der Waals surface area contributed by atoms with Crippen LogP contribution in [0.25, 0.3) is 0 Å². The van der Waals surface area contributed by atoms with Crippen LogP contribution in [-0.4, -0.2) is 28.5 Å². The number of fused-ring (bicyclic) bond motifs is 3. The molecule has 3 fully saturated rings. The third kappa shape index (κ3) is 0.930. The highest BCUT2D eigenvalue weighted by molar-refractivity contribution is 5.13. The van der Waals surface area contributed by atoms with Crippen molar-refractivity contribution < 1.29 is 10.2 Å². The number of nitrogens with two attached hydrogens (primary N) is 1. The highest BCUT2D eigenvalue weighted by atomic mass is 16.3. The second kappa shape index (κ2) is 2.71. The van der Waals surface area contributed by atoms with Crippen LogP contribution in [0.5, 0.6) is 0 Å². The average Bonchev–Trinajstić information content (AvgIpc) is 2.76. The van der Waals surface area contributed by atoms with Crippen molar-refractivity contribution in [3.05, 3.63) is 0 Å². The first-order valence-electron chi connectivity index (χ1n) is 5.75. The molecule has 4 N–H and O–H groups in total. The Morgan fingerprint density at radius 3 is 2.21 bits per heavy atom. The molecule has 5 atom stereocenters. The SMILES string of the molecule is N[C@@H]1[C@H]2CC[C@H](C2)C12C[C@@H](O)[C@H](O)C2. The van der Waals surface area contributed by atoms with Crippen LogP contribution in [0, 0.1) is 17.3 Å². The molecule has 3 nitrogen and oxygen atoms in total. The lowest BCUT2D eigenvalue weighted by Crippen LogP contribution is -2.45. The van der Waals surface area contributed by atoms with E-state index in [9.17, 15) is 10.2 Å². The van der Waals surface area contributed by atoms with Crippen LogP contribution in [-0.2, 0) is 0 Å². The van der Waals surface area contributed by atoms with Crippen molar-refractivity contribution in [3.63, 3.8) is 0 Å². The van der Waals surface area contributed by atoms with E-state index in [1.54, 1.807) is 0 Å². The molecule has 3 saturated carbocycles. The molecular formula is C11H19NO2. The van der Waals surface area contributed by atoms with Crippen molar-refractivity contribution in [2.45, 2.75) is 50.4 Å². The largest absolute Gasteiger partial charge is 0.390 e. The lowest BCUT2D eigenvalue weighted by molar-refractivity contribution is 0.0438. The molecular weight excluding hydrogens is 178 g/mol. The molecule has 0 aliphatic heterocycles. The number of rotatable bonds is 0. The van der Waals surface area contributed by atoms with Gasteiger partial charge in [0.05, 0.1) is 12.2 Å². The summed E-state index contributed by atoms with van der Waals surface area (Å²) in [5.74, 6) is 1.34. The number of hydrogen-bond donors (Lipinski definition) is 3. The van der Waals surface area contributed by atoms with Crippen molar-refractivity contribution in [2.24, 2.45) is 23.0 Å². The summed E-state index contributed by atoms with van der Waals surface area (Å²) in [5, 5.41) is 19.3. The highest BCUT2D eigenvalue weighted by Gasteiger charge is 2.60. The van der Waals surface area contributed by atoms with E-state index >= 15 is 0 Å². The summed E-state index contributed by atoms with van der Waals surface area (Å²) < 4.78 is 0. The Balaban J connectivity index is 1.91. The van der Waals surface area contributed by atoms with Gasteiger partial charge < -0.3 is 15.9 Å². The lowest BCUT2D eigenvalue weighted by Gasteiger charge is -2.39. The second-order valence-corrected chi connectivity index (χ2v) is 5.57. The van der Waals surface area contributed by atoms with Crippen LogP contribution >= 0.6 is 0 Å². The molecule has 0 aromatic carbocycles. The molecule has 0 saturated heterocycles. The van der Waals surface area contributed by atoms with E-state index in [-0.39, 0.29) is 11.5 Å². The minimum absolute atomic E-state index is 0.0851. The third-order valence-electron chi connectivity index (χ3n) is 5.08. The van der Waals surface area contributed by atoms with Gasteiger partial charge in [0.1, 0.15) is 0 Å². The number of hydrogen-bond acceptors (Lipinski definition) is 3. The molecule has 0 amide bonds. The van der Waals surface area contributed by atoms with Gasteiger partial charge in [-0.25, -0.2) is 0 Å². The van der Waals surface area contributed by atoms with Crippen molar-refractivity contribution in [1.82, 2.24) is 0 Å². The van der Waals surface area contributed by atoms with Crippen LogP contribution in [0.2, 0.25) is 0 Å². The maximum Gasteiger partial charge on any atom is 0.0805 e. The minimum atomic E-state index is -0.527. The van der Waals surface area contributed by atoms with Gasteiger partial charge in [-0.05, 0) is 49.4 Å². The molecule has 2 bridgehead atoms. The Hall–Kier alpha value is -0.120. The summed E-state index contributed by atoms with van der Waals surface area (Å²) >= 11 is 0. The Bertz CT molecular complexity index is 242. The maximum atomic E-state index is 9.66. The molecule has 80 valence electrons. The van der Waals surface area contributed by atoms with E-state index in [4.69, 9.17) is 5.73 Å². The minimum Gasteiger partial charge on any atom is -0.390 e. The van der Waals surface area contributed by atoms with Gasteiger partial charge in [0.25, 0.3) is 0 Å². The molecule has 14 heavy (non-hydrogen) atoms. The zero-order valence-corrected chi connectivity index (χ0v) is 8.39. The predicted octanol–water partition coefficient (Wildman–Crippen LogP) is 0.246. The molecule has 0 aromatic heterocycles. The Morgan fingerprint density at radius 1 is 1.07 bits per heavy atom. The first-order chi connectivity index (χ1) is 6.63. The summed E-state index contributed by atoms with van der Waals surface area (Å²) in [6.07, 6.45) is 4.17.